The molecule has 0 fully saturated rings. The quantitative estimate of drug-likeness (QED) is 0.742. The van der Waals surface area contributed by atoms with Crippen molar-refractivity contribution in [2.75, 3.05) is 10.6 Å². The molecule has 26 heavy (non-hydrogen) atoms. The number of amides is 2. The fourth-order valence-corrected chi connectivity index (χ4v) is 2.39. The van der Waals surface area contributed by atoms with Crippen LogP contribution in [-0.4, -0.2) is 21.6 Å². The largest absolute Gasteiger partial charge is 0.324 e. The molecule has 3 rings (SSSR count). The molecule has 0 bridgehead atoms. The second-order valence-electron chi connectivity index (χ2n) is 6.13. The molecule has 0 atom stereocenters. The molecule has 0 radical (unpaired) electrons. The molecular weight excluding hydrogens is 328 g/mol. The van der Waals surface area contributed by atoms with Crippen molar-refractivity contribution in [3.63, 3.8) is 0 Å². The molecule has 3 aromatic rings. The van der Waals surface area contributed by atoms with E-state index in [2.05, 4.69) is 15.7 Å². The minimum atomic E-state index is -0.313. The fraction of sp³-hybridized carbons (Fsp3) is 0.150. The summed E-state index contributed by atoms with van der Waals surface area (Å²) < 4.78 is 1.44. The van der Waals surface area contributed by atoms with Gasteiger partial charge in [0.15, 0.2) is 5.69 Å². The zero-order valence-corrected chi connectivity index (χ0v) is 14.7. The van der Waals surface area contributed by atoms with Gasteiger partial charge in [-0.2, -0.15) is 5.10 Å². The standard InChI is InChI=1S/C20H20N4O2/c1-14-3-7-16(8-4-14)21-19(25)13-24-12-11-18(23-24)20(26)22-17-9-5-15(2)6-10-17/h3-12H,13H2,1-2H3,(H,21,25)(H,22,26). The van der Waals surface area contributed by atoms with Gasteiger partial charge in [-0.25, -0.2) is 0 Å². The lowest BCUT2D eigenvalue weighted by Crippen LogP contribution is -2.20. The molecule has 6 nitrogen and oxygen atoms in total. The van der Waals surface area contributed by atoms with Crippen molar-refractivity contribution in [3.8, 4) is 0 Å². The fourth-order valence-electron chi connectivity index (χ4n) is 2.39. The average molecular weight is 348 g/mol. The van der Waals surface area contributed by atoms with Crippen LogP contribution in [0.25, 0.3) is 0 Å². The Balaban J connectivity index is 1.58. The van der Waals surface area contributed by atoms with Crippen molar-refractivity contribution in [1.82, 2.24) is 9.78 Å². The Morgan fingerprint density at radius 2 is 1.38 bits per heavy atom. The van der Waals surface area contributed by atoms with Crippen molar-refractivity contribution in [3.05, 3.63) is 77.6 Å². The van der Waals surface area contributed by atoms with Gasteiger partial charge in [-0.15, -0.1) is 0 Å². The summed E-state index contributed by atoms with van der Waals surface area (Å²) in [6.07, 6.45) is 1.61. The van der Waals surface area contributed by atoms with E-state index in [1.165, 1.54) is 4.68 Å². The van der Waals surface area contributed by atoms with Crippen LogP contribution in [0.15, 0.2) is 60.8 Å². The molecule has 0 unspecified atom stereocenters. The third-order valence-electron chi connectivity index (χ3n) is 3.82. The number of nitrogens with zero attached hydrogens (tertiary/aromatic N) is 2. The number of nitrogens with one attached hydrogen (secondary N) is 2. The van der Waals surface area contributed by atoms with E-state index < -0.39 is 0 Å². The first-order valence-corrected chi connectivity index (χ1v) is 8.27. The summed E-state index contributed by atoms with van der Waals surface area (Å²) in [5.41, 5.74) is 3.93. The number of carbonyl (C=O) groups is 2. The second-order valence-corrected chi connectivity index (χ2v) is 6.13. The van der Waals surface area contributed by atoms with Gasteiger partial charge >= 0.3 is 0 Å². The molecule has 0 spiro atoms. The third-order valence-corrected chi connectivity index (χ3v) is 3.82. The molecule has 0 aliphatic heterocycles. The van der Waals surface area contributed by atoms with Crippen LogP contribution in [0.4, 0.5) is 11.4 Å². The lowest BCUT2D eigenvalue weighted by molar-refractivity contribution is -0.116. The van der Waals surface area contributed by atoms with Crippen LogP contribution in [0.2, 0.25) is 0 Å². The van der Waals surface area contributed by atoms with Crippen LogP contribution in [0.5, 0.6) is 0 Å². The predicted molar refractivity (Wildman–Crippen MR) is 101 cm³/mol. The number of hydrogen-bond acceptors (Lipinski definition) is 3. The molecule has 1 aromatic heterocycles. The maximum absolute atomic E-state index is 12.2. The van der Waals surface area contributed by atoms with E-state index in [9.17, 15) is 9.59 Å². The van der Waals surface area contributed by atoms with Gasteiger partial charge in [-0.05, 0) is 44.2 Å². The summed E-state index contributed by atoms with van der Waals surface area (Å²) in [6.45, 7) is 4.00. The molecular formula is C20H20N4O2. The monoisotopic (exact) mass is 348 g/mol. The first-order chi connectivity index (χ1) is 12.5. The third kappa shape index (κ3) is 4.57. The van der Waals surface area contributed by atoms with Gasteiger partial charge in [-0.3, -0.25) is 14.3 Å². The Bertz CT molecular complexity index is 912. The zero-order valence-electron chi connectivity index (χ0n) is 14.7. The summed E-state index contributed by atoms with van der Waals surface area (Å²) in [5.74, 6) is -0.519. The Labute approximate surface area is 151 Å². The SMILES string of the molecule is Cc1ccc(NC(=O)Cn2ccc(C(=O)Nc3ccc(C)cc3)n2)cc1. The molecule has 2 amide bonds. The zero-order chi connectivity index (χ0) is 18.5. The van der Waals surface area contributed by atoms with Crippen LogP contribution in [0, 0.1) is 13.8 Å². The van der Waals surface area contributed by atoms with Crippen LogP contribution >= 0.6 is 0 Å². The number of rotatable bonds is 5. The van der Waals surface area contributed by atoms with E-state index >= 15 is 0 Å². The molecule has 0 saturated heterocycles. The van der Waals surface area contributed by atoms with Gasteiger partial charge in [0, 0.05) is 17.6 Å². The van der Waals surface area contributed by atoms with E-state index in [-0.39, 0.29) is 24.1 Å². The number of aromatic nitrogens is 2. The van der Waals surface area contributed by atoms with Gasteiger partial charge < -0.3 is 10.6 Å². The van der Waals surface area contributed by atoms with Gasteiger partial charge in [0.25, 0.3) is 5.91 Å². The molecule has 2 aromatic carbocycles. The molecule has 2 N–H and O–H groups in total. The first-order valence-electron chi connectivity index (χ1n) is 8.27. The van der Waals surface area contributed by atoms with E-state index in [0.717, 1.165) is 16.8 Å². The molecule has 132 valence electrons. The summed E-state index contributed by atoms with van der Waals surface area (Å²) in [6, 6.07) is 16.6. The smallest absolute Gasteiger partial charge is 0.276 e. The molecule has 0 saturated carbocycles. The highest BCUT2D eigenvalue weighted by Crippen LogP contribution is 2.11. The Kier molecular flexibility index (Phi) is 5.12. The lowest BCUT2D eigenvalue weighted by Gasteiger charge is -2.06. The number of benzene rings is 2. The van der Waals surface area contributed by atoms with E-state index in [1.54, 1.807) is 12.3 Å². The summed E-state index contributed by atoms with van der Waals surface area (Å²) in [7, 11) is 0. The van der Waals surface area contributed by atoms with E-state index in [4.69, 9.17) is 0 Å². The van der Waals surface area contributed by atoms with Crippen LogP contribution in [0.1, 0.15) is 21.6 Å². The molecule has 0 aliphatic rings. The lowest BCUT2D eigenvalue weighted by atomic mass is 10.2. The normalized spacial score (nSPS) is 10.4. The van der Waals surface area contributed by atoms with Crippen molar-refractivity contribution < 1.29 is 9.59 Å². The Hall–Kier alpha value is -3.41. The van der Waals surface area contributed by atoms with Crippen molar-refractivity contribution >= 4 is 23.2 Å². The van der Waals surface area contributed by atoms with Gasteiger partial charge in [-0.1, -0.05) is 35.4 Å². The second kappa shape index (κ2) is 7.65. The number of hydrogen-bond donors (Lipinski definition) is 2. The molecule has 0 aliphatic carbocycles. The number of anilines is 2. The molecule has 6 heteroatoms. The molecule has 1 heterocycles. The van der Waals surface area contributed by atoms with Crippen molar-refractivity contribution in [2.45, 2.75) is 20.4 Å². The van der Waals surface area contributed by atoms with Crippen LogP contribution < -0.4 is 10.6 Å². The highest BCUT2D eigenvalue weighted by atomic mass is 16.2. The Morgan fingerprint density at radius 1 is 0.846 bits per heavy atom. The summed E-state index contributed by atoms with van der Waals surface area (Å²) in [4.78, 5) is 24.3. The summed E-state index contributed by atoms with van der Waals surface area (Å²) in [5, 5.41) is 9.75. The topological polar surface area (TPSA) is 76.0 Å². The van der Waals surface area contributed by atoms with Gasteiger partial charge in [0.05, 0.1) is 0 Å². The number of carbonyl (C=O) groups excluding carboxylic acids is 2. The Morgan fingerprint density at radius 3 is 1.96 bits per heavy atom. The van der Waals surface area contributed by atoms with Crippen LogP contribution in [0.3, 0.4) is 0 Å². The maximum Gasteiger partial charge on any atom is 0.276 e. The van der Waals surface area contributed by atoms with E-state index in [0.29, 0.717) is 5.69 Å². The maximum atomic E-state index is 12.2. The summed E-state index contributed by atoms with van der Waals surface area (Å²) >= 11 is 0. The van der Waals surface area contributed by atoms with Crippen LogP contribution in [-0.2, 0) is 11.3 Å². The van der Waals surface area contributed by atoms with Gasteiger partial charge in [0.2, 0.25) is 5.91 Å². The minimum absolute atomic E-state index is 0.0334. The van der Waals surface area contributed by atoms with Crippen molar-refractivity contribution in [2.24, 2.45) is 0 Å². The van der Waals surface area contributed by atoms with Crippen molar-refractivity contribution in [1.29, 1.82) is 0 Å². The highest BCUT2D eigenvalue weighted by Gasteiger charge is 2.11. The predicted octanol–water partition coefficient (Wildman–Crippen LogP) is 3.39. The minimum Gasteiger partial charge on any atom is -0.324 e. The average Bonchev–Trinajstić information content (AvgIpc) is 3.07. The van der Waals surface area contributed by atoms with E-state index in [1.807, 2.05) is 62.4 Å². The highest BCUT2D eigenvalue weighted by molar-refractivity contribution is 6.02. The number of aryl methyl sites for hydroxylation is 2. The first kappa shape index (κ1) is 17.4. The van der Waals surface area contributed by atoms with Gasteiger partial charge in [0.1, 0.15) is 6.54 Å².